The lowest BCUT2D eigenvalue weighted by atomic mass is 10.2. The van der Waals surface area contributed by atoms with Crippen molar-refractivity contribution < 1.29 is 8.94 Å². The first kappa shape index (κ1) is 10.0. The summed E-state index contributed by atoms with van der Waals surface area (Å²) in [6.07, 6.45) is 2.82. The smallest absolute Gasteiger partial charge is 0.295 e. The fraction of sp³-hybridized carbons (Fsp3) is 0. The molecule has 0 fully saturated rings. The Labute approximate surface area is 101 Å². The first-order valence-electron chi connectivity index (χ1n) is 4.81. The van der Waals surface area contributed by atoms with E-state index < -0.39 is 0 Å². The maximum atomic E-state index is 5.80. The van der Waals surface area contributed by atoms with Gasteiger partial charge in [0.2, 0.25) is 11.6 Å². The number of hydrogen-bond donors (Lipinski definition) is 0. The van der Waals surface area contributed by atoms with Crippen molar-refractivity contribution >= 4 is 11.6 Å². The zero-order chi connectivity index (χ0) is 11.7. The van der Waals surface area contributed by atoms with E-state index >= 15 is 0 Å². The molecule has 0 aliphatic rings. The number of hydrogen-bond acceptors (Lipinski definition) is 5. The third-order valence-corrected chi connectivity index (χ3v) is 2.42. The van der Waals surface area contributed by atoms with Crippen LogP contribution in [0.1, 0.15) is 0 Å². The summed E-state index contributed by atoms with van der Waals surface area (Å²) in [4.78, 5) is 7.98. The van der Waals surface area contributed by atoms with Gasteiger partial charge in [-0.05, 0) is 24.3 Å². The van der Waals surface area contributed by atoms with E-state index in [-0.39, 0.29) is 0 Å². The number of oxazole rings is 1. The second-order valence-corrected chi connectivity index (χ2v) is 3.73. The summed E-state index contributed by atoms with van der Waals surface area (Å²) >= 11 is 5.80. The fourth-order valence-corrected chi connectivity index (χ4v) is 1.49. The molecule has 3 rings (SSSR count). The minimum absolute atomic E-state index is 0.299. The van der Waals surface area contributed by atoms with Crippen LogP contribution in [0, 0.1) is 0 Å². The van der Waals surface area contributed by atoms with Crippen molar-refractivity contribution in [2.75, 3.05) is 0 Å². The molecular weight excluding hydrogens is 242 g/mol. The maximum Gasteiger partial charge on any atom is 0.295 e. The highest BCUT2D eigenvalue weighted by atomic mass is 35.5. The van der Waals surface area contributed by atoms with E-state index in [1.54, 1.807) is 12.1 Å². The Balaban J connectivity index is 1.98. The van der Waals surface area contributed by atoms with Gasteiger partial charge in [-0.1, -0.05) is 16.8 Å². The summed E-state index contributed by atoms with van der Waals surface area (Å²) < 4.78 is 10.1. The monoisotopic (exact) mass is 247 g/mol. The van der Waals surface area contributed by atoms with Crippen molar-refractivity contribution in [1.82, 2.24) is 15.1 Å². The number of nitrogens with zero attached hydrogens (tertiary/aromatic N) is 3. The highest BCUT2D eigenvalue weighted by Crippen LogP contribution is 2.22. The molecule has 0 N–H and O–H groups in total. The first-order chi connectivity index (χ1) is 8.33. The molecule has 0 spiro atoms. The van der Waals surface area contributed by atoms with Gasteiger partial charge in [0.1, 0.15) is 0 Å². The molecule has 1 aromatic carbocycles. The predicted octanol–water partition coefficient (Wildman–Crippen LogP) is 3.05. The summed E-state index contributed by atoms with van der Waals surface area (Å²) in [7, 11) is 0. The van der Waals surface area contributed by atoms with Crippen molar-refractivity contribution in [3.05, 3.63) is 41.9 Å². The molecule has 3 aromatic rings. The van der Waals surface area contributed by atoms with Crippen molar-refractivity contribution in [3.63, 3.8) is 0 Å². The quantitative estimate of drug-likeness (QED) is 0.696. The summed E-state index contributed by atoms with van der Waals surface area (Å²) in [5.74, 6) is 1.22. The van der Waals surface area contributed by atoms with Gasteiger partial charge in [-0.2, -0.15) is 4.98 Å². The molecule has 0 unspecified atom stereocenters. The second-order valence-electron chi connectivity index (χ2n) is 3.30. The molecule has 0 radical (unpaired) electrons. The zero-order valence-electron chi connectivity index (χ0n) is 8.50. The van der Waals surface area contributed by atoms with Crippen LogP contribution in [0.2, 0.25) is 5.02 Å². The molecule has 0 saturated heterocycles. The largest absolute Gasteiger partial charge is 0.438 e. The van der Waals surface area contributed by atoms with E-state index in [0.29, 0.717) is 22.5 Å². The van der Waals surface area contributed by atoms with Crippen LogP contribution in [0.25, 0.3) is 23.0 Å². The predicted molar refractivity (Wildman–Crippen MR) is 60.2 cm³/mol. The van der Waals surface area contributed by atoms with Gasteiger partial charge in [0, 0.05) is 10.6 Å². The molecule has 0 aliphatic carbocycles. The Bertz CT molecular complexity index is 616. The maximum absolute atomic E-state index is 5.80. The van der Waals surface area contributed by atoms with E-state index in [0.717, 1.165) is 5.56 Å². The summed E-state index contributed by atoms with van der Waals surface area (Å²) in [6.45, 7) is 0. The first-order valence-corrected chi connectivity index (χ1v) is 5.19. The van der Waals surface area contributed by atoms with E-state index in [2.05, 4.69) is 15.1 Å². The van der Waals surface area contributed by atoms with E-state index in [9.17, 15) is 0 Å². The van der Waals surface area contributed by atoms with Crippen molar-refractivity contribution in [2.45, 2.75) is 0 Å². The lowest BCUT2D eigenvalue weighted by Crippen LogP contribution is -1.79. The normalized spacial score (nSPS) is 10.6. The molecule has 0 amide bonds. The highest BCUT2D eigenvalue weighted by Gasteiger charge is 2.12. The Morgan fingerprint density at radius 2 is 1.94 bits per heavy atom. The Morgan fingerprint density at radius 1 is 1.12 bits per heavy atom. The molecule has 0 saturated carbocycles. The lowest BCUT2D eigenvalue weighted by molar-refractivity contribution is 0.416. The molecule has 2 aromatic heterocycles. The van der Waals surface area contributed by atoms with Gasteiger partial charge in [0.15, 0.2) is 6.39 Å². The van der Waals surface area contributed by atoms with Gasteiger partial charge in [-0.25, -0.2) is 4.98 Å². The van der Waals surface area contributed by atoms with Gasteiger partial charge in [0.05, 0.1) is 6.20 Å². The van der Waals surface area contributed by atoms with Crippen molar-refractivity contribution in [2.24, 2.45) is 0 Å². The minimum atomic E-state index is 0.299. The lowest BCUT2D eigenvalue weighted by Gasteiger charge is -1.92. The van der Waals surface area contributed by atoms with Gasteiger partial charge in [-0.3, -0.25) is 0 Å². The van der Waals surface area contributed by atoms with Crippen LogP contribution < -0.4 is 0 Å². The van der Waals surface area contributed by atoms with E-state index in [1.165, 1.54) is 12.6 Å². The number of halogens is 1. The number of aromatic nitrogens is 3. The summed E-state index contributed by atoms with van der Waals surface area (Å²) in [5.41, 5.74) is 0.823. The van der Waals surface area contributed by atoms with E-state index in [4.69, 9.17) is 20.5 Å². The van der Waals surface area contributed by atoms with Crippen LogP contribution in [0.4, 0.5) is 0 Å². The zero-order valence-corrected chi connectivity index (χ0v) is 9.26. The summed E-state index contributed by atoms with van der Waals surface area (Å²) in [6, 6.07) is 7.16. The Kier molecular flexibility index (Phi) is 2.38. The van der Waals surface area contributed by atoms with Crippen molar-refractivity contribution in [3.8, 4) is 23.0 Å². The average Bonchev–Trinajstić information content (AvgIpc) is 3.00. The Hall–Kier alpha value is -2.14. The topological polar surface area (TPSA) is 65.0 Å². The second kappa shape index (κ2) is 4.03. The molecule has 2 heterocycles. The SMILES string of the molecule is Clc1ccc(-c2noc(-c3cnco3)n2)cc1. The molecule has 0 atom stereocenters. The Morgan fingerprint density at radius 3 is 2.65 bits per heavy atom. The highest BCUT2D eigenvalue weighted by molar-refractivity contribution is 6.30. The fourth-order valence-electron chi connectivity index (χ4n) is 1.36. The third-order valence-electron chi connectivity index (χ3n) is 2.17. The third kappa shape index (κ3) is 1.92. The van der Waals surface area contributed by atoms with Crippen LogP contribution in [-0.4, -0.2) is 15.1 Å². The molecule has 17 heavy (non-hydrogen) atoms. The van der Waals surface area contributed by atoms with Gasteiger partial charge < -0.3 is 8.94 Å². The van der Waals surface area contributed by atoms with E-state index in [1.807, 2.05) is 12.1 Å². The molecular formula is C11H6ClN3O2. The van der Waals surface area contributed by atoms with Gasteiger partial charge >= 0.3 is 0 Å². The average molecular weight is 248 g/mol. The van der Waals surface area contributed by atoms with Gasteiger partial charge in [-0.15, -0.1) is 0 Å². The molecule has 0 aliphatic heterocycles. The molecule has 84 valence electrons. The van der Waals surface area contributed by atoms with Crippen LogP contribution in [0.3, 0.4) is 0 Å². The van der Waals surface area contributed by atoms with Crippen LogP contribution in [-0.2, 0) is 0 Å². The van der Waals surface area contributed by atoms with Crippen molar-refractivity contribution in [1.29, 1.82) is 0 Å². The molecule has 0 bridgehead atoms. The molecule has 5 nitrogen and oxygen atoms in total. The number of benzene rings is 1. The van der Waals surface area contributed by atoms with Crippen LogP contribution >= 0.6 is 11.6 Å². The van der Waals surface area contributed by atoms with Crippen LogP contribution in [0.5, 0.6) is 0 Å². The standard InChI is InChI=1S/C11H6ClN3O2/c12-8-3-1-7(2-4-8)10-14-11(17-15-10)9-5-13-6-16-9/h1-6H. The molecule has 6 heteroatoms. The number of rotatable bonds is 2. The van der Waals surface area contributed by atoms with Gasteiger partial charge in [0.25, 0.3) is 5.89 Å². The summed E-state index contributed by atoms with van der Waals surface area (Å²) in [5, 5.41) is 4.52. The minimum Gasteiger partial charge on any atom is -0.438 e. The van der Waals surface area contributed by atoms with Crippen LogP contribution in [0.15, 0.2) is 45.8 Å².